The van der Waals surface area contributed by atoms with Crippen molar-refractivity contribution in [3.63, 3.8) is 0 Å². The molecule has 0 radical (unpaired) electrons. The number of aliphatic carboxylic acids is 1. The van der Waals surface area contributed by atoms with E-state index in [1.54, 1.807) is 28.6 Å². The van der Waals surface area contributed by atoms with Crippen molar-refractivity contribution in [2.75, 3.05) is 12.0 Å². The zero-order valence-corrected chi connectivity index (χ0v) is 19.2. The van der Waals surface area contributed by atoms with E-state index in [2.05, 4.69) is 4.98 Å². The molecule has 0 aliphatic carbocycles. The third-order valence-corrected chi connectivity index (χ3v) is 6.51. The van der Waals surface area contributed by atoms with Crippen molar-refractivity contribution in [3.8, 4) is 11.1 Å². The first-order valence-corrected chi connectivity index (χ1v) is 12.3. The second-order valence-electron chi connectivity index (χ2n) is 7.30. The van der Waals surface area contributed by atoms with Crippen LogP contribution in [0.5, 0.6) is 0 Å². The van der Waals surface area contributed by atoms with Crippen LogP contribution in [0.3, 0.4) is 0 Å². The lowest BCUT2D eigenvalue weighted by Gasteiger charge is -2.15. The summed E-state index contributed by atoms with van der Waals surface area (Å²) in [6.45, 7) is 2.02. The maximum atomic E-state index is 13.2. The second kappa shape index (κ2) is 11.1. The van der Waals surface area contributed by atoms with Gasteiger partial charge in [0.15, 0.2) is 5.78 Å². The minimum Gasteiger partial charge on any atom is -0.481 e. The fourth-order valence-corrected chi connectivity index (χ4v) is 4.43. The summed E-state index contributed by atoms with van der Waals surface area (Å²) >= 11 is 3.15. The molecular weight excluding hydrogens is 426 g/mol. The van der Waals surface area contributed by atoms with Gasteiger partial charge in [0, 0.05) is 23.1 Å². The van der Waals surface area contributed by atoms with Crippen LogP contribution in [-0.4, -0.2) is 33.9 Å². The molecule has 3 rings (SSSR count). The number of carboxylic acid groups (broad SMARTS) is 1. The summed E-state index contributed by atoms with van der Waals surface area (Å²) in [6.07, 6.45) is 8.24. The second-order valence-corrected chi connectivity index (χ2v) is 9.20. The van der Waals surface area contributed by atoms with E-state index in [0.29, 0.717) is 12.0 Å². The SMILES string of the molecule is CSCC[C@H](CC(=O)c1ccc(/C=C/c2cncs2)cc1-c1ccccc1C)C(=O)O. The fourth-order valence-electron chi connectivity index (χ4n) is 3.40. The number of rotatable bonds is 10. The van der Waals surface area contributed by atoms with Gasteiger partial charge in [0.1, 0.15) is 0 Å². The van der Waals surface area contributed by atoms with E-state index in [1.807, 2.05) is 74.0 Å². The normalized spacial score (nSPS) is 12.2. The first-order chi connectivity index (χ1) is 15.0. The molecule has 1 atom stereocenters. The molecule has 160 valence electrons. The van der Waals surface area contributed by atoms with E-state index < -0.39 is 11.9 Å². The largest absolute Gasteiger partial charge is 0.481 e. The molecule has 4 nitrogen and oxygen atoms in total. The van der Waals surface area contributed by atoms with Crippen LogP contribution in [0.25, 0.3) is 23.3 Å². The first kappa shape index (κ1) is 23.0. The first-order valence-electron chi connectivity index (χ1n) is 10.0. The van der Waals surface area contributed by atoms with E-state index in [9.17, 15) is 14.7 Å². The molecule has 1 heterocycles. The Kier molecular flexibility index (Phi) is 8.20. The maximum absolute atomic E-state index is 13.2. The van der Waals surface area contributed by atoms with Crippen molar-refractivity contribution in [2.24, 2.45) is 5.92 Å². The van der Waals surface area contributed by atoms with Crippen LogP contribution in [0.1, 0.15) is 39.2 Å². The molecular formula is C25H25NO3S2. The highest BCUT2D eigenvalue weighted by atomic mass is 32.2. The molecule has 0 unspecified atom stereocenters. The number of thiazole rings is 1. The number of benzene rings is 2. The number of aryl methyl sites for hydroxylation is 1. The molecule has 0 amide bonds. The predicted molar refractivity (Wildman–Crippen MR) is 131 cm³/mol. The standard InChI is InChI=1S/C25H25NO3S2/c1-17-5-3-4-6-21(17)23-13-18(7-9-20-15-26-16-31-20)8-10-22(23)24(27)14-19(25(28)29)11-12-30-2/h3-10,13,15-16,19H,11-12,14H2,1-2H3,(H,28,29)/b9-7+/t19-/m1/s1. The van der Waals surface area contributed by atoms with Gasteiger partial charge >= 0.3 is 5.97 Å². The van der Waals surface area contributed by atoms with E-state index in [0.717, 1.165) is 32.9 Å². The summed E-state index contributed by atoms with van der Waals surface area (Å²) in [5.74, 6) is -1.000. The molecule has 0 saturated heterocycles. The molecule has 0 bridgehead atoms. The molecule has 31 heavy (non-hydrogen) atoms. The van der Waals surface area contributed by atoms with E-state index in [-0.39, 0.29) is 12.2 Å². The van der Waals surface area contributed by atoms with E-state index in [1.165, 1.54) is 0 Å². The van der Waals surface area contributed by atoms with E-state index in [4.69, 9.17) is 0 Å². The van der Waals surface area contributed by atoms with Gasteiger partial charge in [-0.25, -0.2) is 0 Å². The molecule has 0 fully saturated rings. The van der Waals surface area contributed by atoms with Crippen LogP contribution >= 0.6 is 23.1 Å². The quantitative estimate of drug-likeness (QED) is 0.366. The van der Waals surface area contributed by atoms with Crippen molar-refractivity contribution < 1.29 is 14.7 Å². The van der Waals surface area contributed by atoms with Gasteiger partial charge in [-0.15, -0.1) is 11.3 Å². The third-order valence-electron chi connectivity index (χ3n) is 5.12. The van der Waals surface area contributed by atoms with E-state index >= 15 is 0 Å². The van der Waals surface area contributed by atoms with Crippen molar-refractivity contribution in [3.05, 3.63) is 75.7 Å². The average Bonchev–Trinajstić information content (AvgIpc) is 3.29. The third kappa shape index (κ3) is 6.15. The van der Waals surface area contributed by atoms with Crippen molar-refractivity contribution in [1.29, 1.82) is 0 Å². The van der Waals surface area contributed by atoms with Gasteiger partial charge in [0.2, 0.25) is 0 Å². The monoisotopic (exact) mass is 451 g/mol. The molecule has 6 heteroatoms. The zero-order chi connectivity index (χ0) is 22.2. The molecule has 1 aromatic heterocycles. The Balaban J connectivity index is 1.97. The van der Waals surface area contributed by atoms with Crippen LogP contribution < -0.4 is 0 Å². The Morgan fingerprint density at radius 2 is 1.97 bits per heavy atom. The van der Waals surface area contributed by atoms with Crippen molar-refractivity contribution in [1.82, 2.24) is 4.98 Å². The highest BCUT2D eigenvalue weighted by Crippen LogP contribution is 2.30. The van der Waals surface area contributed by atoms with Crippen LogP contribution in [0.2, 0.25) is 0 Å². The van der Waals surface area contributed by atoms with Gasteiger partial charge < -0.3 is 5.11 Å². The number of carbonyl (C=O) groups is 2. The number of ketones is 1. The molecule has 0 aliphatic heterocycles. The maximum Gasteiger partial charge on any atom is 0.306 e. The fraction of sp³-hybridized carbons (Fsp3) is 0.240. The summed E-state index contributed by atoms with van der Waals surface area (Å²) < 4.78 is 0. The lowest BCUT2D eigenvalue weighted by molar-refractivity contribution is -0.141. The lowest BCUT2D eigenvalue weighted by atomic mass is 9.88. The molecule has 1 N–H and O–H groups in total. The Hall–Kier alpha value is -2.70. The highest BCUT2D eigenvalue weighted by molar-refractivity contribution is 7.98. The summed E-state index contributed by atoms with van der Waals surface area (Å²) in [5.41, 5.74) is 6.21. The van der Waals surface area contributed by atoms with Gasteiger partial charge in [0.05, 0.1) is 11.4 Å². The number of carbonyl (C=O) groups excluding carboxylic acids is 1. The van der Waals surface area contributed by atoms with Crippen molar-refractivity contribution in [2.45, 2.75) is 19.8 Å². The molecule has 3 aromatic rings. The smallest absolute Gasteiger partial charge is 0.306 e. The summed E-state index contributed by atoms with van der Waals surface area (Å²) in [6, 6.07) is 13.7. The molecule has 0 aliphatic rings. The zero-order valence-electron chi connectivity index (χ0n) is 17.6. The minimum atomic E-state index is -0.913. The number of Topliss-reactive ketones (excluding diaryl/α,β-unsaturated/α-hetero) is 1. The molecule has 0 saturated carbocycles. The number of carboxylic acids is 1. The Morgan fingerprint density at radius 3 is 2.65 bits per heavy atom. The molecule has 2 aromatic carbocycles. The molecule has 0 spiro atoms. The lowest BCUT2D eigenvalue weighted by Crippen LogP contribution is -2.19. The number of hydrogen-bond acceptors (Lipinski definition) is 5. The number of aromatic nitrogens is 1. The van der Waals surface area contributed by atoms with Crippen LogP contribution in [0.4, 0.5) is 0 Å². The highest BCUT2D eigenvalue weighted by Gasteiger charge is 2.23. The van der Waals surface area contributed by atoms with Gasteiger partial charge in [0.25, 0.3) is 0 Å². The number of hydrogen-bond donors (Lipinski definition) is 1. The topological polar surface area (TPSA) is 67.3 Å². The minimum absolute atomic E-state index is 0.00479. The predicted octanol–water partition coefficient (Wildman–Crippen LogP) is 6.32. The van der Waals surface area contributed by atoms with Crippen LogP contribution in [0.15, 0.2) is 54.2 Å². The Bertz CT molecular complexity index is 1070. The summed E-state index contributed by atoms with van der Waals surface area (Å²) in [5, 5.41) is 9.56. The van der Waals surface area contributed by atoms with Gasteiger partial charge in [-0.3, -0.25) is 14.6 Å². The number of nitrogens with zero attached hydrogens (tertiary/aromatic N) is 1. The van der Waals surface area contributed by atoms with Crippen molar-refractivity contribution >= 4 is 47.0 Å². The summed E-state index contributed by atoms with van der Waals surface area (Å²) in [7, 11) is 0. The summed E-state index contributed by atoms with van der Waals surface area (Å²) in [4.78, 5) is 30.0. The van der Waals surface area contributed by atoms with Gasteiger partial charge in [-0.2, -0.15) is 11.8 Å². The Morgan fingerprint density at radius 1 is 1.16 bits per heavy atom. The van der Waals surface area contributed by atoms with Crippen LogP contribution in [0, 0.1) is 12.8 Å². The number of thioether (sulfide) groups is 1. The van der Waals surface area contributed by atoms with Gasteiger partial charge in [-0.05, 0) is 59.7 Å². The Labute approximate surface area is 191 Å². The van der Waals surface area contributed by atoms with Crippen LogP contribution in [-0.2, 0) is 4.79 Å². The average molecular weight is 452 g/mol. The van der Waals surface area contributed by atoms with Gasteiger partial charge in [-0.1, -0.05) is 42.5 Å².